The zero-order chi connectivity index (χ0) is 19.4. The maximum atomic E-state index is 12.1. The summed E-state index contributed by atoms with van der Waals surface area (Å²) < 4.78 is 1.52. The van der Waals surface area contributed by atoms with Crippen LogP contribution in [-0.2, 0) is 9.59 Å². The number of rotatable bonds is 8. The molecule has 0 spiro atoms. The van der Waals surface area contributed by atoms with Crippen molar-refractivity contribution in [3.05, 3.63) is 41.7 Å². The average Bonchev–Trinajstić information content (AvgIpc) is 3.41. The van der Waals surface area contributed by atoms with Gasteiger partial charge in [-0.05, 0) is 44.4 Å². The summed E-state index contributed by atoms with van der Waals surface area (Å²) >= 11 is 0. The monoisotopic (exact) mass is 370 g/mol. The number of aromatic carboxylic acids is 1. The van der Waals surface area contributed by atoms with Crippen molar-refractivity contribution in [2.24, 2.45) is 5.92 Å². The second-order valence-corrected chi connectivity index (χ2v) is 6.63. The Morgan fingerprint density at radius 1 is 1.30 bits per heavy atom. The lowest BCUT2D eigenvalue weighted by Crippen LogP contribution is -2.26. The summed E-state index contributed by atoms with van der Waals surface area (Å²) in [6.45, 7) is 2.17. The van der Waals surface area contributed by atoms with Crippen LogP contribution in [0.4, 0.5) is 5.69 Å². The second kappa shape index (κ2) is 8.03. The van der Waals surface area contributed by atoms with Crippen molar-refractivity contribution in [1.29, 1.82) is 0 Å². The first kappa shape index (κ1) is 18.6. The molecule has 2 amide bonds. The van der Waals surface area contributed by atoms with E-state index in [1.807, 2.05) is 0 Å². The van der Waals surface area contributed by atoms with E-state index in [0.717, 1.165) is 12.8 Å². The van der Waals surface area contributed by atoms with Gasteiger partial charge >= 0.3 is 5.97 Å². The molecule has 0 aliphatic heterocycles. The topological polar surface area (TPSA) is 113 Å². The molecule has 1 aliphatic carbocycles. The molecule has 0 unspecified atom stereocenters. The number of nitrogens with one attached hydrogen (secondary N) is 2. The first-order valence-corrected chi connectivity index (χ1v) is 8.91. The van der Waals surface area contributed by atoms with Gasteiger partial charge < -0.3 is 15.7 Å². The minimum atomic E-state index is -1.03. The molecular formula is C19H22N4O4. The van der Waals surface area contributed by atoms with E-state index in [0.29, 0.717) is 36.5 Å². The zero-order valence-electron chi connectivity index (χ0n) is 15.1. The maximum absolute atomic E-state index is 12.1. The van der Waals surface area contributed by atoms with E-state index in [4.69, 9.17) is 5.11 Å². The number of anilines is 1. The molecule has 142 valence electrons. The fourth-order valence-corrected chi connectivity index (χ4v) is 2.77. The minimum absolute atomic E-state index is 0.0819. The number of amides is 2. The van der Waals surface area contributed by atoms with Gasteiger partial charge in [-0.25, -0.2) is 9.48 Å². The van der Waals surface area contributed by atoms with E-state index in [1.54, 1.807) is 31.2 Å². The van der Waals surface area contributed by atoms with Crippen LogP contribution in [0.15, 0.2) is 30.5 Å². The van der Waals surface area contributed by atoms with Crippen LogP contribution in [0.25, 0.3) is 5.69 Å². The molecule has 2 aromatic rings. The van der Waals surface area contributed by atoms with Gasteiger partial charge in [-0.15, -0.1) is 0 Å². The number of hydrogen-bond acceptors (Lipinski definition) is 4. The highest BCUT2D eigenvalue weighted by molar-refractivity contribution is 5.91. The molecule has 3 N–H and O–H groups in total. The van der Waals surface area contributed by atoms with E-state index in [1.165, 1.54) is 10.9 Å². The fourth-order valence-electron chi connectivity index (χ4n) is 2.77. The minimum Gasteiger partial charge on any atom is -0.478 e. The van der Waals surface area contributed by atoms with E-state index in [9.17, 15) is 14.4 Å². The number of aromatic nitrogens is 2. The van der Waals surface area contributed by atoms with Crippen molar-refractivity contribution in [2.45, 2.75) is 32.6 Å². The van der Waals surface area contributed by atoms with Gasteiger partial charge in [0.2, 0.25) is 11.8 Å². The molecule has 1 aromatic heterocycles. The van der Waals surface area contributed by atoms with Crippen molar-refractivity contribution in [2.75, 3.05) is 11.9 Å². The number of carbonyl (C=O) groups is 3. The summed E-state index contributed by atoms with van der Waals surface area (Å²) in [4.78, 5) is 34.8. The molecule has 0 radical (unpaired) electrons. The Hall–Kier alpha value is -3.16. The summed E-state index contributed by atoms with van der Waals surface area (Å²) in [5.74, 6) is -0.916. The number of carboxylic acid groups (broad SMARTS) is 1. The van der Waals surface area contributed by atoms with Crippen molar-refractivity contribution in [1.82, 2.24) is 15.1 Å². The highest BCUT2D eigenvalue weighted by Crippen LogP contribution is 2.28. The molecule has 0 atom stereocenters. The highest BCUT2D eigenvalue weighted by Gasteiger charge is 2.28. The standard InChI is InChI=1S/C19H22N4O4/c1-12-16(19(26)27)11-21-23(12)15-5-2-4-14(10-15)22-17(24)6-3-9-20-18(25)13-7-8-13/h2,4-5,10-11,13H,3,6-9H2,1H3,(H,20,25)(H,22,24)(H,26,27). The third-order valence-corrected chi connectivity index (χ3v) is 4.44. The van der Waals surface area contributed by atoms with Crippen molar-refractivity contribution < 1.29 is 19.5 Å². The predicted molar refractivity (Wildman–Crippen MR) is 98.9 cm³/mol. The van der Waals surface area contributed by atoms with Gasteiger partial charge in [-0.1, -0.05) is 6.07 Å². The molecule has 1 saturated carbocycles. The molecular weight excluding hydrogens is 348 g/mol. The van der Waals surface area contributed by atoms with Gasteiger partial charge in [0.15, 0.2) is 0 Å². The van der Waals surface area contributed by atoms with Crippen LogP contribution in [0.3, 0.4) is 0 Å². The SMILES string of the molecule is Cc1c(C(=O)O)cnn1-c1cccc(NC(=O)CCCNC(=O)C2CC2)c1. The molecule has 3 rings (SSSR count). The summed E-state index contributed by atoms with van der Waals surface area (Å²) in [6, 6.07) is 7.04. The van der Waals surface area contributed by atoms with Gasteiger partial charge in [-0.2, -0.15) is 5.10 Å². The van der Waals surface area contributed by atoms with Crippen LogP contribution >= 0.6 is 0 Å². The predicted octanol–water partition coefficient (Wildman–Crippen LogP) is 2.12. The molecule has 1 fully saturated rings. The molecule has 0 saturated heterocycles. The Morgan fingerprint density at radius 2 is 2.07 bits per heavy atom. The van der Waals surface area contributed by atoms with Crippen LogP contribution in [0.1, 0.15) is 41.7 Å². The maximum Gasteiger partial charge on any atom is 0.339 e. The summed E-state index contributed by atoms with van der Waals surface area (Å²) in [5, 5.41) is 18.9. The highest BCUT2D eigenvalue weighted by atomic mass is 16.4. The summed E-state index contributed by atoms with van der Waals surface area (Å²) in [6.07, 6.45) is 4.11. The van der Waals surface area contributed by atoms with Crippen LogP contribution in [-0.4, -0.2) is 39.2 Å². The van der Waals surface area contributed by atoms with Gasteiger partial charge in [0.1, 0.15) is 5.56 Å². The van der Waals surface area contributed by atoms with Gasteiger partial charge in [-0.3, -0.25) is 9.59 Å². The molecule has 1 heterocycles. The van der Waals surface area contributed by atoms with Gasteiger partial charge in [0.25, 0.3) is 0 Å². The van der Waals surface area contributed by atoms with E-state index < -0.39 is 5.97 Å². The smallest absolute Gasteiger partial charge is 0.339 e. The Morgan fingerprint density at radius 3 is 2.74 bits per heavy atom. The summed E-state index contributed by atoms with van der Waals surface area (Å²) in [7, 11) is 0. The van der Waals surface area contributed by atoms with Crippen molar-refractivity contribution in [3.8, 4) is 5.69 Å². The number of carbonyl (C=O) groups excluding carboxylic acids is 2. The lowest BCUT2D eigenvalue weighted by atomic mass is 10.2. The first-order valence-electron chi connectivity index (χ1n) is 8.91. The number of hydrogen-bond donors (Lipinski definition) is 3. The second-order valence-electron chi connectivity index (χ2n) is 6.63. The van der Waals surface area contributed by atoms with E-state index >= 15 is 0 Å². The van der Waals surface area contributed by atoms with Crippen molar-refractivity contribution in [3.63, 3.8) is 0 Å². The zero-order valence-corrected chi connectivity index (χ0v) is 15.1. The lowest BCUT2D eigenvalue weighted by molar-refractivity contribution is -0.122. The Bertz CT molecular complexity index is 870. The van der Waals surface area contributed by atoms with Gasteiger partial charge in [0, 0.05) is 24.6 Å². The third-order valence-electron chi connectivity index (χ3n) is 4.44. The Labute approximate surface area is 156 Å². The first-order chi connectivity index (χ1) is 13.0. The normalized spacial score (nSPS) is 13.2. The number of nitrogens with zero attached hydrogens (tertiary/aromatic N) is 2. The molecule has 1 aromatic carbocycles. The molecule has 1 aliphatic rings. The quantitative estimate of drug-likeness (QED) is 0.616. The van der Waals surface area contributed by atoms with Gasteiger partial charge in [0.05, 0.1) is 17.6 Å². The molecule has 27 heavy (non-hydrogen) atoms. The third kappa shape index (κ3) is 4.72. The largest absolute Gasteiger partial charge is 0.478 e. The van der Waals surface area contributed by atoms with Crippen LogP contribution in [0.5, 0.6) is 0 Å². The lowest BCUT2D eigenvalue weighted by Gasteiger charge is -2.09. The van der Waals surface area contributed by atoms with Crippen molar-refractivity contribution >= 4 is 23.5 Å². The molecule has 8 nitrogen and oxygen atoms in total. The number of benzene rings is 1. The molecule has 8 heteroatoms. The van der Waals surface area contributed by atoms with E-state index in [-0.39, 0.29) is 23.3 Å². The molecule has 0 bridgehead atoms. The van der Waals surface area contributed by atoms with Crippen LogP contribution in [0.2, 0.25) is 0 Å². The van der Waals surface area contributed by atoms with Crippen LogP contribution in [0, 0.1) is 12.8 Å². The Kier molecular flexibility index (Phi) is 5.54. The number of carboxylic acids is 1. The van der Waals surface area contributed by atoms with E-state index in [2.05, 4.69) is 15.7 Å². The Balaban J connectivity index is 1.54. The fraction of sp³-hybridized carbons (Fsp3) is 0.368. The van der Waals surface area contributed by atoms with Crippen LogP contribution < -0.4 is 10.6 Å². The summed E-state index contributed by atoms with van der Waals surface area (Å²) in [5.41, 5.74) is 1.91. The average molecular weight is 370 g/mol.